The third kappa shape index (κ3) is 2.89. The van der Waals surface area contributed by atoms with E-state index in [1.54, 1.807) is 0 Å². The third-order valence-electron chi connectivity index (χ3n) is 3.18. The number of nitro groups is 1. The molecule has 0 spiro atoms. The molecular weight excluding hydrogens is 284 g/mol. The second-order valence-electron chi connectivity index (χ2n) is 4.35. The highest BCUT2D eigenvalue weighted by Gasteiger charge is 2.24. The summed E-state index contributed by atoms with van der Waals surface area (Å²) in [6.45, 7) is 2.79. The van der Waals surface area contributed by atoms with Crippen LogP contribution in [0.4, 0.5) is 11.4 Å². The van der Waals surface area contributed by atoms with Gasteiger partial charge in [-0.15, -0.1) is 0 Å². The number of hydrogen-bond acceptors (Lipinski definition) is 6. The standard InChI is InChI=1S/C11H16N4O4S/c1-12-20(18,19)9-2-3-10(11(8-9)15(16)17)14-6-4-13-5-7-14/h2-3,8,12-13H,4-7H2,1H3. The van der Waals surface area contributed by atoms with Gasteiger partial charge in [-0.3, -0.25) is 10.1 Å². The summed E-state index contributed by atoms with van der Waals surface area (Å²) in [5, 5.41) is 14.3. The molecule has 1 fully saturated rings. The second kappa shape index (κ2) is 5.73. The number of anilines is 1. The van der Waals surface area contributed by atoms with E-state index in [1.165, 1.54) is 19.2 Å². The number of nitrogens with zero attached hydrogens (tertiary/aromatic N) is 2. The number of hydrogen-bond donors (Lipinski definition) is 2. The van der Waals surface area contributed by atoms with Crippen LogP contribution in [0.2, 0.25) is 0 Å². The molecule has 1 saturated heterocycles. The van der Waals surface area contributed by atoms with Crippen molar-refractivity contribution in [1.29, 1.82) is 0 Å². The number of sulfonamides is 1. The highest BCUT2D eigenvalue weighted by Crippen LogP contribution is 2.30. The molecule has 9 heteroatoms. The van der Waals surface area contributed by atoms with Gasteiger partial charge in [0.1, 0.15) is 5.69 Å². The van der Waals surface area contributed by atoms with Crippen LogP contribution in [0.1, 0.15) is 0 Å². The van der Waals surface area contributed by atoms with E-state index in [0.29, 0.717) is 18.8 Å². The van der Waals surface area contributed by atoms with Crippen molar-refractivity contribution in [2.45, 2.75) is 4.90 Å². The van der Waals surface area contributed by atoms with Crippen LogP contribution in [-0.4, -0.2) is 46.6 Å². The fourth-order valence-corrected chi connectivity index (χ4v) is 2.86. The van der Waals surface area contributed by atoms with E-state index in [-0.39, 0.29) is 10.6 Å². The largest absolute Gasteiger partial charge is 0.363 e. The summed E-state index contributed by atoms with van der Waals surface area (Å²) in [4.78, 5) is 12.4. The molecule has 20 heavy (non-hydrogen) atoms. The van der Waals surface area contributed by atoms with Gasteiger partial charge in [-0.25, -0.2) is 13.1 Å². The lowest BCUT2D eigenvalue weighted by Crippen LogP contribution is -2.43. The van der Waals surface area contributed by atoms with E-state index < -0.39 is 14.9 Å². The van der Waals surface area contributed by atoms with Gasteiger partial charge in [0.15, 0.2) is 0 Å². The van der Waals surface area contributed by atoms with E-state index in [2.05, 4.69) is 10.0 Å². The average molecular weight is 300 g/mol. The molecule has 0 aromatic heterocycles. The summed E-state index contributed by atoms with van der Waals surface area (Å²) in [6, 6.07) is 3.98. The van der Waals surface area contributed by atoms with Crippen LogP contribution in [-0.2, 0) is 10.0 Å². The summed E-state index contributed by atoms with van der Waals surface area (Å²) in [5.41, 5.74) is 0.259. The van der Waals surface area contributed by atoms with Crippen molar-refractivity contribution in [3.05, 3.63) is 28.3 Å². The molecule has 1 aliphatic rings. The molecule has 0 aliphatic carbocycles. The van der Waals surface area contributed by atoms with Crippen molar-refractivity contribution in [3.8, 4) is 0 Å². The third-order valence-corrected chi connectivity index (χ3v) is 4.59. The maximum absolute atomic E-state index is 11.7. The van der Waals surface area contributed by atoms with Crippen LogP contribution >= 0.6 is 0 Å². The zero-order chi connectivity index (χ0) is 14.8. The van der Waals surface area contributed by atoms with Gasteiger partial charge < -0.3 is 10.2 Å². The molecule has 0 unspecified atom stereocenters. The Morgan fingerprint density at radius 3 is 2.55 bits per heavy atom. The number of nitrogens with one attached hydrogen (secondary N) is 2. The zero-order valence-electron chi connectivity index (χ0n) is 11.0. The number of piperazine rings is 1. The molecule has 0 radical (unpaired) electrons. The maximum Gasteiger partial charge on any atom is 0.293 e. The summed E-state index contributed by atoms with van der Waals surface area (Å²) >= 11 is 0. The van der Waals surface area contributed by atoms with E-state index in [9.17, 15) is 18.5 Å². The Bertz CT molecular complexity index is 611. The lowest BCUT2D eigenvalue weighted by molar-refractivity contribution is -0.384. The fourth-order valence-electron chi connectivity index (χ4n) is 2.11. The molecular formula is C11H16N4O4S. The Kier molecular flexibility index (Phi) is 4.21. The summed E-state index contributed by atoms with van der Waals surface area (Å²) in [5.74, 6) is 0. The van der Waals surface area contributed by atoms with Gasteiger partial charge in [-0.05, 0) is 19.2 Å². The predicted molar refractivity (Wildman–Crippen MR) is 74.4 cm³/mol. The molecule has 1 aromatic carbocycles. The van der Waals surface area contributed by atoms with Crippen LogP contribution in [0.15, 0.2) is 23.1 Å². The molecule has 110 valence electrons. The normalized spacial score (nSPS) is 16.1. The molecule has 8 nitrogen and oxygen atoms in total. The molecule has 2 rings (SSSR count). The molecule has 0 atom stereocenters. The first-order valence-electron chi connectivity index (χ1n) is 6.13. The first-order valence-corrected chi connectivity index (χ1v) is 7.61. The summed E-state index contributed by atoms with van der Waals surface area (Å²) in [7, 11) is -2.42. The van der Waals surface area contributed by atoms with E-state index in [4.69, 9.17) is 0 Å². The van der Waals surface area contributed by atoms with Crippen molar-refractivity contribution in [1.82, 2.24) is 10.0 Å². The zero-order valence-corrected chi connectivity index (χ0v) is 11.8. The minimum absolute atomic E-state index is 0.106. The number of rotatable bonds is 4. The molecule has 0 amide bonds. The van der Waals surface area contributed by atoms with E-state index in [0.717, 1.165) is 19.2 Å². The maximum atomic E-state index is 11.7. The Balaban J connectivity index is 2.46. The van der Waals surface area contributed by atoms with Crippen molar-refractivity contribution in [3.63, 3.8) is 0 Å². The van der Waals surface area contributed by atoms with Gasteiger partial charge in [-0.2, -0.15) is 0 Å². The number of nitro benzene ring substituents is 1. The van der Waals surface area contributed by atoms with Crippen LogP contribution < -0.4 is 14.9 Å². The minimum Gasteiger partial charge on any atom is -0.363 e. The van der Waals surface area contributed by atoms with Gasteiger partial charge in [0.25, 0.3) is 5.69 Å². The van der Waals surface area contributed by atoms with E-state index in [1.807, 2.05) is 4.90 Å². The van der Waals surface area contributed by atoms with Gasteiger partial charge in [-0.1, -0.05) is 0 Å². The van der Waals surface area contributed by atoms with Crippen LogP contribution in [0.25, 0.3) is 0 Å². The van der Waals surface area contributed by atoms with Crippen molar-refractivity contribution < 1.29 is 13.3 Å². The molecule has 2 N–H and O–H groups in total. The second-order valence-corrected chi connectivity index (χ2v) is 6.24. The predicted octanol–water partition coefficient (Wildman–Crippen LogP) is -0.0875. The average Bonchev–Trinajstić information content (AvgIpc) is 2.47. The van der Waals surface area contributed by atoms with Crippen molar-refractivity contribution >= 4 is 21.4 Å². The molecule has 1 aliphatic heterocycles. The van der Waals surface area contributed by atoms with E-state index >= 15 is 0 Å². The van der Waals surface area contributed by atoms with Gasteiger partial charge in [0.2, 0.25) is 10.0 Å². The van der Waals surface area contributed by atoms with Crippen LogP contribution in [0, 0.1) is 10.1 Å². The Morgan fingerprint density at radius 1 is 1.35 bits per heavy atom. The SMILES string of the molecule is CNS(=O)(=O)c1ccc(N2CCNCC2)c([N+](=O)[O-])c1. The Hall–Kier alpha value is -1.71. The first-order chi connectivity index (χ1) is 9.45. The van der Waals surface area contributed by atoms with Gasteiger partial charge >= 0.3 is 0 Å². The smallest absolute Gasteiger partial charge is 0.293 e. The summed E-state index contributed by atoms with van der Waals surface area (Å²) in [6.07, 6.45) is 0. The van der Waals surface area contributed by atoms with Crippen molar-refractivity contribution in [2.75, 3.05) is 38.1 Å². The molecule has 0 saturated carbocycles. The lowest BCUT2D eigenvalue weighted by atomic mass is 10.2. The molecule has 1 aromatic rings. The van der Waals surface area contributed by atoms with Crippen LogP contribution in [0.5, 0.6) is 0 Å². The topological polar surface area (TPSA) is 105 Å². The minimum atomic E-state index is -3.69. The molecule has 0 bridgehead atoms. The van der Waals surface area contributed by atoms with Crippen molar-refractivity contribution in [2.24, 2.45) is 0 Å². The fraction of sp³-hybridized carbons (Fsp3) is 0.455. The lowest BCUT2D eigenvalue weighted by Gasteiger charge is -2.29. The first kappa shape index (κ1) is 14.7. The monoisotopic (exact) mass is 300 g/mol. The Labute approximate surface area is 117 Å². The van der Waals surface area contributed by atoms with Gasteiger partial charge in [0, 0.05) is 32.2 Å². The number of benzene rings is 1. The van der Waals surface area contributed by atoms with Crippen LogP contribution in [0.3, 0.4) is 0 Å². The van der Waals surface area contributed by atoms with Gasteiger partial charge in [0.05, 0.1) is 9.82 Å². The molecule has 1 heterocycles. The highest BCUT2D eigenvalue weighted by atomic mass is 32.2. The highest BCUT2D eigenvalue weighted by molar-refractivity contribution is 7.89. The summed E-state index contributed by atoms with van der Waals surface area (Å²) < 4.78 is 25.6. The quantitative estimate of drug-likeness (QED) is 0.595. The Morgan fingerprint density at radius 2 is 2.00 bits per heavy atom.